The van der Waals surface area contributed by atoms with Gasteiger partial charge in [-0.2, -0.15) is 13.2 Å². The summed E-state index contributed by atoms with van der Waals surface area (Å²) in [5, 5.41) is 0. The molecule has 2 atom stereocenters. The van der Waals surface area contributed by atoms with Crippen LogP contribution in [0.1, 0.15) is 32.1 Å². The van der Waals surface area contributed by atoms with Crippen molar-refractivity contribution in [2.75, 3.05) is 0 Å². The largest absolute Gasteiger partial charge is 0.778 e. The third-order valence-electron chi connectivity index (χ3n) is 2.82. The van der Waals surface area contributed by atoms with Crippen LogP contribution in [0.3, 0.4) is 0 Å². The van der Waals surface area contributed by atoms with E-state index >= 15 is 0 Å². The van der Waals surface area contributed by atoms with E-state index in [-0.39, 0.29) is 0 Å². The van der Waals surface area contributed by atoms with E-state index in [9.17, 15) is 22.6 Å². The fourth-order valence-electron chi connectivity index (χ4n) is 1.88. The highest BCUT2D eigenvalue weighted by molar-refractivity contribution is 7.52. The van der Waals surface area contributed by atoms with Gasteiger partial charge in [-0.1, -0.05) is 25.3 Å². The summed E-state index contributed by atoms with van der Waals surface area (Å²) >= 11 is 0. The Morgan fingerprint density at radius 2 is 1.88 bits per heavy atom. The van der Waals surface area contributed by atoms with Gasteiger partial charge in [0.05, 0.1) is 0 Å². The lowest BCUT2D eigenvalue weighted by molar-refractivity contribution is -0.232. The van der Waals surface area contributed by atoms with Crippen LogP contribution in [0.25, 0.3) is 0 Å². The van der Waals surface area contributed by atoms with Crippen molar-refractivity contribution < 1.29 is 27.2 Å². The molecular weight excluding hydrogens is 256 g/mol. The molecular formula is C10H15F3O3P-. The molecule has 3 nitrogen and oxygen atoms in total. The standard InChI is InChI=1S/C10H16F3O3P/c1-2-9(10(11,12)13)16-17(14,15)8-6-4-3-5-7-8/h2,8-9H,1,3-7H2,(H,14,15)/p-1. The molecule has 0 aliphatic heterocycles. The molecule has 0 aromatic rings. The quantitative estimate of drug-likeness (QED) is 0.583. The first-order valence-corrected chi connectivity index (χ1v) is 7.07. The van der Waals surface area contributed by atoms with Gasteiger partial charge in [0.15, 0.2) is 6.10 Å². The summed E-state index contributed by atoms with van der Waals surface area (Å²) in [6, 6.07) is 0. The van der Waals surface area contributed by atoms with E-state index in [1.165, 1.54) is 0 Å². The zero-order chi connectivity index (χ0) is 13.1. The lowest BCUT2D eigenvalue weighted by Gasteiger charge is -2.36. The van der Waals surface area contributed by atoms with Crippen LogP contribution in [0.5, 0.6) is 0 Å². The Morgan fingerprint density at radius 1 is 1.35 bits per heavy atom. The molecule has 0 spiro atoms. The average molecular weight is 271 g/mol. The van der Waals surface area contributed by atoms with Gasteiger partial charge < -0.3 is 14.0 Å². The highest BCUT2D eigenvalue weighted by Gasteiger charge is 2.42. The van der Waals surface area contributed by atoms with Crippen LogP contribution < -0.4 is 4.89 Å². The van der Waals surface area contributed by atoms with Crippen molar-refractivity contribution in [3.8, 4) is 0 Å². The van der Waals surface area contributed by atoms with Crippen LogP contribution >= 0.6 is 7.60 Å². The predicted molar refractivity (Wildman–Crippen MR) is 55.6 cm³/mol. The number of hydrogen-bond donors (Lipinski definition) is 0. The van der Waals surface area contributed by atoms with E-state index in [1.807, 2.05) is 0 Å². The zero-order valence-electron chi connectivity index (χ0n) is 9.28. The molecule has 100 valence electrons. The molecule has 2 unspecified atom stereocenters. The Morgan fingerprint density at radius 3 is 2.29 bits per heavy atom. The summed E-state index contributed by atoms with van der Waals surface area (Å²) < 4.78 is 53.0. The smallest absolute Gasteiger partial charge is 0.418 e. The molecule has 0 radical (unpaired) electrons. The minimum absolute atomic E-state index is 0.377. The Bertz CT molecular complexity index is 310. The molecule has 0 aromatic heterocycles. The van der Waals surface area contributed by atoms with Gasteiger partial charge in [-0.25, -0.2) is 0 Å². The first-order chi connectivity index (χ1) is 7.77. The summed E-state index contributed by atoms with van der Waals surface area (Å²) in [4.78, 5) is 11.7. The monoisotopic (exact) mass is 271 g/mol. The molecule has 1 rings (SSSR count). The Hall–Kier alpha value is -0.320. The first-order valence-electron chi connectivity index (χ1n) is 5.46. The SMILES string of the molecule is C=CC(OP(=O)([O-])C1CCCCC1)C(F)(F)F. The van der Waals surface area contributed by atoms with Gasteiger partial charge in [0.2, 0.25) is 0 Å². The van der Waals surface area contributed by atoms with E-state index in [2.05, 4.69) is 11.1 Å². The van der Waals surface area contributed by atoms with Gasteiger partial charge >= 0.3 is 6.18 Å². The maximum absolute atomic E-state index is 12.4. The molecule has 1 aliphatic rings. The van der Waals surface area contributed by atoms with Crippen molar-refractivity contribution in [2.45, 2.75) is 50.0 Å². The summed E-state index contributed by atoms with van der Waals surface area (Å²) in [6.45, 7) is 2.95. The minimum atomic E-state index is -4.74. The third-order valence-corrected chi connectivity index (χ3v) is 4.75. The summed E-state index contributed by atoms with van der Waals surface area (Å²) in [5.74, 6) is 0. The lowest BCUT2D eigenvalue weighted by Crippen LogP contribution is -2.33. The molecule has 0 bridgehead atoms. The van der Waals surface area contributed by atoms with Crippen molar-refractivity contribution in [3.05, 3.63) is 12.7 Å². The van der Waals surface area contributed by atoms with Gasteiger partial charge in [0.1, 0.15) is 7.60 Å². The van der Waals surface area contributed by atoms with Crippen molar-refractivity contribution in [1.82, 2.24) is 0 Å². The van der Waals surface area contributed by atoms with E-state index in [1.54, 1.807) is 0 Å². The summed E-state index contributed by atoms with van der Waals surface area (Å²) in [7, 11) is -4.48. The van der Waals surface area contributed by atoms with Crippen LogP contribution in [0, 0.1) is 0 Å². The molecule has 1 aliphatic carbocycles. The molecule has 0 saturated heterocycles. The van der Waals surface area contributed by atoms with Crippen LogP contribution in [-0.4, -0.2) is 17.9 Å². The summed E-state index contributed by atoms with van der Waals surface area (Å²) in [5.41, 5.74) is -0.791. The normalized spacial score (nSPS) is 24.0. The second kappa shape index (κ2) is 5.55. The van der Waals surface area contributed by atoms with Crippen molar-refractivity contribution in [2.24, 2.45) is 0 Å². The minimum Gasteiger partial charge on any atom is -0.778 e. The van der Waals surface area contributed by atoms with E-state index in [4.69, 9.17) is 0 Å². The highest BCUT2D eigenvalue weighted by atomic mass is 31.2. The van der Waals surface area contributed by atoms with Crippen LogP contribution in [0.2, 0.25) is 0 Å². The highest BCUT2D eigenvalue weighted by Crippen LogP contribution is 2.51. The lowest BCUT2D eigenvalue weighted by atomic mass is 10.0. The number of rotatable bonds is 4. The van der Waals surface area contributed by atoms with Gasteiger partial charge in [0.25, 0.3) is 0 Å². The number of hydrogen-bond acceptors (Lipinski definition) is 3. The second-order valence-corrected chi connectivity index (χ2v) is 6.16. The van der Waals surface area contributed by atoms with Crippen LogP contribution in [-0.2, 0) is 9.09 Å². The van der Waals surface area contributed by atoms with Crippen molar-refractivity contribution in [3.63, 3.8) is 0 Å². The molecule has 1 fully saturated rings. The van der Waals surface area contributed by atoms with Gasteiger partial charge in [-0.3, -0.25) is 0 Å². The molecule has 7 heteroatoms. The van der Waals surface area contributed by atoms with Crippen LogP contribution in [0.15, 0.2) is 12.7 Å². The maximum atomic E-state index is 12.4. The van der Waals surface area contributed by atoms with Crippen molar-refractivity contribution >= 4 is 7.60 Å². The maximum Gasteiger partial charge on any atom is 0.418 e. The van der Waals surface area contributed by atoms with Crippen LogP contribution in [0.4, 0.5) is 13.2 Å². The number of alkyl halides is 3. The molecule has 0 aromatic carbocycles. The van der Waals surface area contributed by atoms with E-state index in [0.717, 1.165) is 6.42 Å². The van der Waals surface area contributed by atoms with Crippen molar-refractivity contribution in [1.29, 1.82) is 0 Å². The number of halogens is 3. The molecule has 0 amide bonds. The fourth-order valence-corrected chi connectivity index (χ4v) is 3.57. The van der Waals surface area contributed by atoms with E-state index < -0.39 is 25.5 Å². The van der Waals surface area contributed by atoms with Gasteiger partial charge in [-0.15, -0.1) is 6.58 Å². The molecule has 17 heavy (non-hydrogen) atoms. The predicted octanol–water partition coefficient (Wildman–Crippen LogP) is 3.01. The van der Waals surface area contributed by atoms with Gasteiger partial charge in [0, 0.05) is 5.66 Å². The second-order valence-electron chi connectivity index (χ2n) is 4.13. The average Bonchev–Trinajstić information content (AvgIpc) is 2.25. The molecule has 0 N–H and O–H groups in total. The third kappa shape index (κ3) is 4.12. The fraction of sp³-hybridized carbons (Fsp3) is 0.800. The Balaban J connectivity index is 2.70. The molecule has 0 heterocycles. The first kappa shape index (κ1) is 14.7. The zero-order valence-corrected chi connectivity index (χ0v) is 10.2. The molecule has 1 saturated carbocycles. The van der Waals surface area contributed by atoms with E-state index in [0.29, 0.717) is 31.8 Å². The Kier molecular flexibility index (Phi) is 4.81. The topological polar surface area (TPSA) is 49.4 Å². The Labute approximate surface area is 98.2 Å². The summed E-state index contributed by atoms with van der Waals surface area (Å²) in [6.07, 6.45) is -3.61. The van der Waals surface area contributed by atoms with Gasteiger partial charge in [-0.05, 0) is 12.8 Å².